The van der Waals surface area contributed by atoms with Crippen molar-refractivity contribution in [2.45, 2.75) is 33.4 Å². The third-order valence-corrected chi connectivity index (χ3v) is 5.76. The van der Waals surface area contributed by atoms with Gasteiger partial charge < -0.3 is 14.8 Å². The lowest BCUT2D eigenvalue weighted by Gasteiger charge is -2.20. The number of hydrogen-bond acceptors (Lipinski definition) is 5. The summed E-state index contributed by atoms with van der Waals surface area (Å²) in [7, 11) is 0. The summed E-state index contributed by atoms with van der Waals surface area (Å²) in [6, 6.07) is 21.4. The van der Waals surface area contributed by atoms with Crippen molar-refractivity contribution in [3.8, 4) is 11.5 Å². The van der Waals surface area contributed by atoms with Gasteiger partial charge in [-0.05, 0) is 66.4 Å². The van der Waals surface area contributed by atoms with Crippen molar-refractivity contribution in [1.82, 2.24) is 10.7 Å². The molecule has 3 aromatic carbocycles. The van der Waals surface area contributed by atoms with Crippen molar-refractivity contribution >= 4 is 34.0 Å². The molecule has 3 aromatic rings. The highest BCUT2D eigenvalue weighted by Crippen LogP contribution is 2.29. The van der Waals surface area contributed by atoms with Gasteiger partial charge in [0.15, 0.2) is 11.5 Å². The van der Waals surface area contributed by atoms with Crippen LogP contribution >= 0.6 is 15.9 Å². The zero-order valence-corrected chi connectivity index (χ0v) is 22.1. The van der Waals surface area contributed by atoms with Crippen LogP contribution in [0.15, 0.2) is 82.4 Å². The van der Waals surface area contributed by atoms with Gasteiger partial charge in [0.05, 0.1) is 12.8 Å². The Morgan fingerprint density at radius 3 is 2.36 bits per heavy atom. The monoisotopic (exact) mass is 551 g/mol. The summed E-state index contributed by atoms with van der Waals surface area (Å²) in [5, 5.41) is 6.86. The zero-order chi connectivity index (χ0) is 25.9. The van der Waals surface area contributed by atoms with Gasteiger partial charge in [0.2, 0.25) is 0 Å². The molecule has 0 heterocycles. The van der Waals surface area contributed by atoms with Crippen LogP contribution in [-0.2, 0) is 11.4 Å². The molecule has 8 heteroatoms. The van der Waals surface area contributed by atoms with Crippen LogP contribution < -0.4 is 20.2 Å². The van der Waals surface area contributed by atoms with Gasteiger partial charge in [-0.15, -0.1) is 0 Å². The second-order valence-corrected chi connectivity index (χ2v) is 9.27. The predicted octanol–water partition coefficient (Wildman–Crippen LogP) is 5.33. The van der Waals surface area contributed by atoms with Crippen LogP contribution in [0, 0.1) is 5.92 Å². The SMILES string of the molecule is CCOc1cc(/C=N/NC(=O)C(NC(=O)c2ccccc2)C(C)C)ccc1OCc1ccc(Br)cc1. The van der Waals surface area contributed by atoms with Crippen LogP contribution in [-0.4, -0.2) is 30.7 Å². The maximum atomic E-state index is 12.7. The highest BCUT2D eigenvalue weighted by molar-refractivity contribution is 9.10. The number of halogens is 1. The third kappa shape index (κ3) is 7.95. The molecule has 0 saturated carbocycles. The van der Waals surface area contributed by atoms with Gasteiger partial charge in [-0.2, -0.15) is 5.10 Å². The normalized spacial score (nSPS) is 11.8. The largest absolute Gasteiger partial charge is 0.490 e. The Morgan fingerprint density at radius 2 is 1.69 bits per heavy atom. The minimum absolute atomic E-state index is 0.125. The molecule has 2 amide bonds. The van der Waals surface area contributed by atoms with E-state index in [9.17, 15) is 9.59 Å². The first-order valence-corrected chi connectivity index (χ1v) is 12.5. The minimum atomic E-state index is -0.733. The standard InChI is InChI=1S/C28H30BrN3O4/c1-4-35-25-16-21(12-15-24(25)36-18-20-10-13-23(29)14-11-20)17-30-32-28(34)26(19(2)3)31-27(33)22-8-6-5-7-9-22/h5-17,19,26H,4,18H2,1-3H3,(H,31,33)(H,32,34)/b30-17+. The second-order valence-electron chi connectivity index (χ2n) is 8.35. The molecule has 1 atom stereocenters. The zero-order valence-electron chi connectivity index (χ0n) is 20.5. The van der Waals surface area contributed by atoms with Gasteiger partial charge in [-0.3, -0.25) is 9.59 Å². The molecule has 0 saturated heterocycles. The van der Waals surface area contributed by atoms with E-state index in [1.165, 1.54) is 6.21 Å². The van der Waals surface area contributed by atoms with Crippen molar-refractivity contribution in [1.29, 1.82) is 0 Å². The Labute approximate surface area is 220 Å². The number of amides is 2. The predicted molar refractivity (Wildman–Crippen MR) is 144 cm³/mol. The fourth-order valence-corrected chi connectivity index (χ4v) is 3.59. The van der Waals surface area contributed by atoms with Crippen LogP contribution in [0.25, 0.3) is 0 Å². The first-order chi connectivity index (χ1) is 17.4. The summed E-state index contributed by atoms with van der Waals surface area (Å²) in [4.78, 5) is 25.2. The maximum absolute atomic E-state index is 12.7. The quantitative estimate of drug-likeness (QED) is 0.249. The van der Waals surface area contributed by atoms with Crippen LogP contribution in [0.4, 0.5) is 0 Å². The first-order valence-electron chi connectivity index (χ1n) is 11.7. The van der Waals surface area contributed by atoms with E-state index >= 15 is 0 Å². The van der Waals surface area contributed by atoms with Gasteiger partial charge >= 0.3 is 0 Å². The molecule has 0 spiro atoms. The molecular weight excluding hydrogens is 522 g/mol. The van der Waals surface area contributed by atoms with Crippen molar-refractivity contribution < 1.29 is 19.1 Å². The fourth-order valence-electron chi connectivity index (χ4n) is 3.32. The van der Waals surface area contributed by atoms with Crippen molar-refractivity contribution in [3.05, 3.63) is 94.0 Å². The highest BCUT2D eigenvalue weighted by atomic mass is 79.9. The molecule has 7 nitrogen and oxygen atoms in total. The molecule has 0 aliphatic carbocycles. The van der Waals surface area contributed by atoms with Gasteiger partial charge in [0, 0.05) is 10.0 Å². The summed E-state index contributed by atoms with van der Waals surface area (Å²) >= 11 is 3.43. The van der Waals surface area contributed by atoms with Crippen LogP contribution in [0.5, 0.6) is 11.5 Å². The topological polar surface area (TPSA) is 89.0 Å². The number of rotatable bonds is 11. The van der Waals surface area contributed by atoms with Crippen LogP contribution in [0.1, 0.15) is 42.3 Å². The van der Waals surface area contributed by atoms with Crippen LogP contribution in [0.2, 0.25) is 0 Å². The van der Waals surface area contributed by atoms with Gasteiger partial charge in [-0.1, -0.05) is 60.1 Å². The number of hydrogen-bond donors (Lipinski definition) is 2. The van der Waals surface area contributed by atoms with E-state index in [0.717, 1.165) is 15.6 Å². The van der Waals surface area contributed by atoms with E-state index < -0.39 is 11.9 Å². The average molecular weight is 552 g/mol. The van der Waals surface area contributed by atoms with Crippen molar-refractivity contribution in [3.63, 3.8) is 0 Å². The summed E-state index contributed by atoms with van der Waals surface area (Å²) in [5.74, 6) is 0.364. The Hall–Kier alpha value is -3.65. The lowest BCUT2D eigenvalue weighted by Crippen LogP contribution is -2.48. The van der Waals surface area contributed by atoms with E-state index in [-0.39, 0.29) is 11.8 Å². The molecule has 36 heavy (non-hydrogen) atoms. The second kappa shape index (κ2) is 13.4. The third-order valence-electron chi connectivity index (χ3n) is 5.24. The minimum Gasteiger partial charge on any atom is -0.490 e. The Balaban J connectivity index is 1.62. The molecule has 3 rings (SSSR count). The molecule has 0 radical (unpaired) electrons. The van der Waals surface area contributed by atoms with E-state index in [1.807, 2.05) is 63.2 Å². The fraction of sp³-hybridized carbons (Fsp3) is 0.250. The van der Waals surface area contributed by atoms with Gasteiger partial charge in [-0.25, -0.2) is 5.43 Å². The molecule has 0 fully saturated rings. The summed E-state index contributed by atoms with van der Waals surface area (Å²) < 4.78 is 12.7. The van der Waals surface area contributed by atoms with Gasteiger partial charge in [0.25, 0.3) is 11.8 Å². The summed E-state index contributed by atoms with van der Waals surface area (Å²) in [6.45, 7) is 6.50. The number of nitrogens with zero attached hydrogens (tertiary/aromatic N) is 1. The van der Waals surface area contributed by atoms with E-state index in [4.69, 9.17) is 9.47 Å². The number of ether oxygens (including phenoxy) is 2. The van der Waals surface area contributed by atoms with Crippen LogP contribution in [0.3, 0.4) is 0 Å². The lowest BCUT2D eigenvalue weighted by molar-refractivity contribution is -0.123. The van der Waals surface area contributed by atoms with E-state index in [2.05, 4.69) is 31.8 Å². The number of benzene rings is 3. The number of carbonyl (C=O) groups is 2. The lowest BCUT2D eigenvalue weighted by atomic mass is 10.0. The molecular formula is C28H30BrN3O4. The molecule has 0 bridgehead atoms. The Morgan fingerprint density at radius 1 is 0.972 bits per heavy atom. The molecule has 0 aliphatic heterocycles. The first kappa shape index (κ1) is 26.9. The smallest absolute Gasteiger partial charge is 0.262 e. The molecule has 1 unspecified atom stereocenters. The summed E-state index contributed by atoms with van der Waals surface area (Å²) in [6.07, 6.45) is 1.52. The Kier molecular flexibility index (Phi) is 10.1. The van der Waals surface area contributed by atoms with Crippen molar-refractivity contribution in [2.24, 2.45) is 11.0 Å². The average Bonchev–Trinajstić information content (AvgIpc) is 2.88. The molecule has 2 N–H and O–H groups in total. The number of carbonyl (C=O) groups excluding carboxylic acids is 2. The summed E-state index contributed by atoms with van der Waals surface area (Å²) in [5.41, 5.74) is 4.78. The van der Waals surface area contributed by atoms with E-state index in [1.54, 1.807) is 30.3 Å². The van der Waals surface area contributed by atoms with Crippen molar-refractivity contribution in [2.75, 3.05) is 6.61 Å². The highest BCUT2D eigenvalue weighted by Gasteiger charge is 2.24. The molecule has 188 valence electrons. The number of nitrogens with one attached hydrogen (secondary N) is 2. The maximum Gasteiger partial charge on any atom is 0.262 e. The number of hydrazone groups is 1. The van der Waals surface area contributed by atoms with E-state index in [0.29, 0.717) is 30.3 Å². The molecule has 0 aromatic heterocycles. The Bertz CT molecular complexity index is 1180. The van der Waals surface area contributed by atoms with Gasteiger partial charge in [0.1, 0.15) is 12.6 Å². The molecule has 0 aliphatic rings.